The van der Waals surface area contributed by atoms with Gasteiger partial charge in [0.05, 0.1) is 6.10 Å². The summed E-state index contributed by atoms with van der Waals surface area (Å²) in [5.41, 5.74) is 1.56. The van der Waals surface area contributed by atoms with Gasteiger partial charge in [-0.1, -0.05) is 6.92 Å². The first-order valence-corrected chi connectivity index (χ1v) is 5.67. The number of aliphatic hydroxyl groups excluding tert-OH is 1. The van der Waals surface area contributed by atoms with E-state index < -0.39 is 6.10 Å². The number of ether oxygens (including phenoxy) is 1. The fraction of sp³-hybridized carbons (Fsp3) is 0.615. The minimum atomic E-state index is -0.435. The van der Waals surface area contributed by atoms with Gasteiger partial charge in [-0.05, 0) is 45.7 Å². The van der Waals surface area contributed by atoms with Gasteiger partial charge in [0, 0.05) is 11.8 Å². The van der Waals surface area contributed by atoms with Crippen molar-refractivity contribution < 1.29 is 9.84 Å². The zero-order chi connectivity index (χ0) is 12.3. The maximum Gasteiger partial charge on any atom is 0.216 e. The molecule has 1 aromatic heterocycles. The topological polar surface area (TPSA) is 42.4 Å². The predicted octanol–water partition coefficient (Wildman–Crippen LogP) is 3.01. The molecule has 0 amide bonds. The normalized spacial score (nSPS) is 13.6. The van der Waals surface area contributed by atoms with Gasteiger partial charge in [0.1, 0.15) is 5.60 Å². The molecule has 1 N–H and O–H groups in total. The number of aliphatic hydroxyl groups is 1. The van der Waals surface area contributed by atoms with Crippen LogP contribution < -0.4 is 4.74 Å². The number of rotatable bonds is 3. The smallest absolute Gasteiger partial charge is 0.216 e. The second-order valence-corrected chi connectivity index (χ2v) is 5.03. The van der Waals surface area contributed by atoms with Crippen LogP contribution in [0.1, 0.15) is 51.3 Å². The number of hydrogen-bond donors (Lipinski definition) is 1. The van der Waals surface area contributed by atoms with Gasteiger partial charge in [-0.15, -0.1) is 0 Å². The van der Waals surface area contributed by atoms with Crippen LogP contribution >= 0.6 is 0 Å². The van der Waals surface area contributed by atoms with Gasteiger partial charge in [-0.2, -0.15) is 0 Å². The standard InChI is InChI=1S/C13H21NO2/c1-6-11(15)10-7-9(2)12(14-8-10)16-13(3,4)5/h7-8,11,15H,6H2,1-5H3. The van der Waals surface area contributed by atoms with E-state index in [9.17, 15) is 5.11 Å². The number of hydrogen-bond acceptors (Lipinski definition) is 3. The Bertz CT molecular complexity index is 355. The third-order valence-electron chi connectivity index (χ3n) is 2.23. The van der Waals surface area contributed by atoms with Crippen LogP contribution in [0.15, 0.2) is 12.3 Å². The van der Waals surface area contributed by atoms with Crippen molar-refractivity contribution in [2.24, 2.45) is 0 Å². The number of aryl methyl sites for hydroxylation is 1. The van der Waals surface area contributed by atoms with Gasteiger partial charge >= 0.3 is 0 Å². The van der Waals surface area contributed by atoms with Crippen molar-refractivity contribution in [2.75, 3.05) is 0 Å². The molecule has 0 saturated carbocycles. The lowest BCUT2D eigenvalue weighted by Crippen LogP contribution is -2.24. The summed E-state index contributed by atoms with van der Waals surface area (Å²) >= 11 is 0. The molecule has 1 rings (SSSR count). The van der Waals surface area contributed by atoms with Crippen LogP contribution in [0.25, 0.3) is 0 Å². The molecular formula is C13H21NO2. The lowest BCUT2D eigenvalue weighted by molar-refractivity contribution is 0.122. The molecule has 0 bridgehead atoms. The van der Waals surface area contributed by atoms with Crippen molar-refractivity contribution in [1.29, 1.82) is 0 Å². The van der Waals surface area contributed by atoms with Gasteiger partial charge in [0.15, 0.2) is 0 Å². The van der Waals surface area contributed by atoms with Crippen LogP contribution in [0.3, 0.4) is 0 Å². The molecule has 0 aliphatic carbocycles. The summed E-state index contributed by atoms with van der Waals surface area (Å²) < 4.78 is 5.71. The molecule has 0 aromatic carbocycles. The van der Waals surface area contributed by atoms with Gasteiger partial charge in [-0.3, -0.25) is 0 Å². The Hall–Kier alpha value is -1.09. The highest BCUT2D eigenvalue weighted by Crippen LogP contribution is 2.24. The van der Waals surface area contributed by atoms with Crippen LogP contribution in [0.2, 0.25) is 0 Å². The molecule has 1 atom stereocenters. The summed E-state index contributed by atoms with van der Waals surface area (Å²) in [4.78, 5) is 4.25. The molecule has 1 heterocycles. The summed E-state index contributed by atoms with van der Waals surface area (Å²) in [5, 5.41) is 9.70. The first kappa shape index (κ1) is 13.0. The van der Waals surface area contributed by atoms with Gasteiger partial charge in [-0.25, -0.2) is 4.98 Å². The third kappa shape index (κ3) is 3.49. The summed E-state index contributed by atoms with van der Waals surface area (Å²) in [6.45, 7) is 9.86. The molecule has 16 heavy (non-hydrogen) atoms. The lowest BCUT2D eigenvalue weighted by atomic mass is 10.1. The molecule has 0 radical (unpaired) electrons. The lowest BCUT2D eigenvalue weighted by Gasteiger charge is -2.22. The summed E-state index contributed by atoms with van der Waals surface area (Å²) in [6, 6.07) is 1.93. The van der Waals surface area contributed by atoms with Crippen molar-refractivity contribution >= 4 is 0 Å². The fourth-order valence-corrected chi connectivity index (χ4v) is 1.40. The van der Waals surface area contributed by atoms with E-state index in [-0.39, 0.29) is 5.60 Å². The Morgan fingerprint density at radius 3 is 2.50 bits per heavy atom. The van der Waals surface area contributed by atoms with Gasteiger partial charge in [0.25, 0.3) is 0 Å². The first-order valence-electron chi connectivity index (χ1n) is 5.67. The number of nitrogens with zero attached hydrogens (tertiary/aromatic N) is 1. The van der Waals surface area contributed by atoms with E-state index in [4.69, 9.17) is 4.74 Å². The quantitative estimate of drug-likeness (QED) is 0.856. The molecule has 3 heteroatoms. The molecular weight excluding hydrogens is 202 g/mol. The molecule has 0 aliphatic heterocycles. The number of pyridine rings is 1. The highest BCUT2D eigenvalue weighted by molar-refractivity contribution is 5.30. The zero-order valence-corrected chi connectivity index (χ0v) is 10.7. The molecule has 90 valence electrons. The van der Waals surface area contributed by atoms with Crippen LogP contribution in [0.5, 0.6) is 5.88 Å². The maximum atomic E-state index is 9.70. The van der Waals surface area contributed by atoms with E-state index in [1.54, 1.807) is 6.20 Å². The largest absolute Gasteiger partial charge is 0.472 e. The monoisotopic (exact) mass is 223 g/mol. The molecule has 1 aromatic rings. The van der Waals surface area contributed by atoms with Crippen molar-refractivity contribution in [3.8, 4) is 5.88 Å². The number of aromatic nitrogens is 1. The maximum absolute atomic E-state index is 9.70. The van der Waals surface area contributed by atoms with Crippen LogP contribution in [0.4, 0.5) is 0 Å². The van der Waals surface area contributed by atoms with Crippen LogP contribution in [-0.4, -0.2) is 15.7 Å². The Labute approximate surface area is 97.5 Å². The van der Waals surface area contributed by atoms with Crippen LogP contribution in [0, 0.1) is 6.92 Å². The second kappa shape index (κ2) is 4.83. The van der Waals surface area contributed by atoms with E-state index in [2.05, 4.69) is 4.98 Å². The molecule has 1 unspecified atom stereocenters. The molecule has 0 spiro atoms. The highest BCUT2D eigenvalue weighted by atomic mass is 16.5. The van der Waals surface area contributed by atoms with E-state index >= 15 is 0 Å². The molecule has 0 saturated heterocycles. The average molecular weight is 223 g/mol. The fourth-order valence-electron chi connectivity index (χ4n) is 1.40. The molecule has 3 nitrogen and oxygen atoms in total. The molecule has 0 fully saturated rings. The van der Waals surface area contributed by atoms with Crippen molar-refractivity contribution in [3.63, 3.8) is 0 Å². The Morgan fingerprint density at radius 2 is 2.06 bits per heavy atom. The highest BCUT2D eigenvalue weighted by Gasteiger charge is 2.15. The van der Waals surface area contributed by atoms with E-state index in [0.29, 0.717) is 12.3 Å². The average Bonchev–Trinajstić information content (AvgIpc) is 2.18. The van der Waals surface area contributed by atoms with Gasteiger partial charge < -0.3 is 9.84 Å². The van der Waals surface area contributed by atoms with Crippen LogP contribution in [-0.2, 0) is 0 Å². The minimum Gasteiger partial charge on any atom is -0.472 e. The van der Waals surface area contributed by atoms with Gasteiger partial charge in [0.2, 0.25) is 5.88 Å². The zero-order valence-electron chi connectivity index (χ0n) is 10.7. The van der Waals surface area contributed by atoms with Crippen molar-refractivity contribution in [3.05, 3.63) is 23.4 Å². The van der Waals surface area contributed by atoms with Crippen molar-refractivity contribution in [2.45, 2.75) is 52.7 Å². The van der Waals surface area contributed by atoms with E-state index in [1.165, 1.54) is 0 Å². The Balaban J connectivity index is 2.92. The summed E-state index contributed by atoms with van der Waals surface area (Å²) in [7, 11) is 0. The summed E-state index contributed by atoms with van der Waals surface area (Å²) in [5.74, 6) is 0.638. The Morgan fingerprint density at radius 1 is 1.44 bits per heavy atom. The minimum absolute atomic E-state index is 0.247. The molecule has 0 aliphatic rings. The van der Waals surface area contributed by atoms with E-state index in [0.717, 1.165) is 11.1 Å². The second-order valence-electron chi connectivity index (χ2n) is 5.03. The predicted molar refractivity (Wildman–Crippen MR) is 64.6 cm³/mol. The third-order valence-corrected chi connectivity index (χ3v) is 2.23. The first-order chi connectivity index (χ1) is 7.33. The van der Waals surface area contributed by atoms with Crippen molar-refractivity contribution in [1.82, 2.24) is 4.98 Å². The SMILES string of the molecule is CCC(O)c1cnc(OC(C)(C)C)c(C)c1. The van der Waals surface area contributed by atoms with E-state index in [1.807, 2.05) is 40.7 Å². The Kier molecular flexibility index (Phi) is 3.92. The summed E-state index contributed by atoms with van der Waals surface area (Å²) in [6.07, 6.45) is 1.94.